The van der Waals surface area contributed by atoms with Gasteiger partial charge >= 0.3 is 0 Å². The summed E-state index contributed by atoms with van der Waals surface area (Å²) in [4.78, 5) is 1.21. The molecule has 0 saturated heterocycles. The van der Waals surface area contributed by atoms with Gasteiger partial charge in [-0.05, 0) is 37.8 Å². The Bertz CT molecular complexity index is 486. The van der Waals surface area contributed by atoms with Crippen molar-refractivity contribution in [3.8, 4) is 0 Å². The molecule has 0 bridgehead atoms. The van der Waals surface area contributed by atoms with Crippen LogP contribution >= 0.6 is 27.3 Å². The molecule has 0 aromatic carbocycles. The van der Waals surface area contributed by atoms with Crippen molar-refractivity contribution in [2.24, 2.45) is 0 Å². The molecule has 6 nitrogen and oxygen atoms in total. The lowest BCUT2D eigenvalue weighted by molar-refractivity contribution is 0.198. The van der Waals surface area contributed by atoms with E-state index in [9.17, 15) is 0 Å². The smallest absolute Gasteiger partial charge is 0.165 e. The lowest BCUT2D eigenvalue weighted by atomic mass is 10.4. The highest BCUT2D eigenvalue weighted by Crippen LogP contribution is 2.23. The van der Waals surface area contributed by atoms with E-state index in [0.717, 1.165) is 16.8 Å². The Balaban J connectivity index is 1.93. The highest BCUT2D eigenvalue weighted by molar-refractivity contribution is 9.10. The Kier molecular flexibility index (Phi) is 5.24. The van der Waals surface area contributed by atoms with Crippen LogP contribution in [0.25, 0.3) is 0 Å². The number of hydrogen-bond donors (Lipinski definition) is 1. The summed E-state index contributed by atoms with van der Waals surface area (Å²) in [6.07, 6.45) is 0. The molecule has 0 fully saturated rings. The van der Waals surface area contributed by atoms with Crippen LogP contribution in [0.3, 0.4) is 0 Å². The van der Waals surface area contributed by atoms with Gasteiger partial charge in [0.1, 0.15) is 0 Å². The van der Waals surface area contributed by atoms with E-state index in [4.69, 9.17) is 4.74 Å². The first-order valence-corrected chi connectivity index (χ1v) is 7.15. The van der Waals surface area contributed by atoms with Crippen LogP contribution < -0.4 is 5.32 Å². The summed E-state index contributed by atoms with van der Waals surface area (Å²) in [6, 6.07) is 2.03. The quantitative estimate of drug-likeness (QED) is 0.774. The molecule has 0 saturated carbocycles. The zero-order chi connectivity index (χ0) is 12.8. The molecule has 2 aromatic heterocycles. The van der Waals surface area contributed by atoms with Crippen molar-refractivity contribution in [3.05, 3.63) is 26.6 Å². The van der Waals surface area contributed by atoms with Gasteiger partial charge in [-0.2, -0.15) is 0 Å². The van der Waals surface area contributed by atoms with Gasteiger partial charge in [0.05, 0.1) is 19.7 Å². The monoisotopic (exact) mass is 331 g/mol. The molecule has 2 rings (SSSR count). The third-order valence-corrected chi connectivity index (χ3v) is 4.27. The molecule has 0 aliphatic heterocycles. The summed E-state index contributed by atoms with van der Waals surface area (Å²) in [5, 5.41) is 17.0. The number of methoxy groups -OCH3 is 1. The predicted molar refractivity (Wildman–Crippen MR) is 72.5 cm³/mol. The first kappa shape index (κ1) is 13.6. The van der Waals surface area contributed by atoms with Crippen LogP contribution in [0.4, 0.5) is 0 Å². The molecule has 0 atom stereocenters. The maximum absolute atomic E-state index is 4.97. The number of nitrogens with zero attached hydrogens (tertiary/aromatic N) is 4. The van der Waals surface area contributed by atoms with E-state index in [1.54, 1.807) is 23.1 Å². The normalized spacial score (nSPS) is 11.0. The first-order chi connectivity index (χ1) is 8.81. The Morgan fingerprint density at radius 3 is 3.17 bits per heavy atom. The van der Waals surface area contributed by atoms with E-state index in [2.05, 4.69) is 36.8 Å². The van der Waals surface area contributed by atoms with Crippen LogP contribution in [0.2, 0.25) is 0 Å². The van der Waals surface area contributed by atoms with E-state index in [0.29, 0.717) is 19.7 Å². The van der Waals surface area contributed by atoms with Crippen molar-refractivity contribution in [2.45, 2.75) is 13.1 Å². The van der Waals surface area contributed by atoms with Crippen LogP contribution in [0.5, 0.6) is 0 Å². The molecular formula is C10H14BrN5OS. The van der Waals surface area contributed by atoms with Crippen LogP contribution in [0.1, 0.15) is 10.7 Å². The summed E-state index contributed by atoms with van der Waals surface area (Å²) < 4.78 is 7.87. The number of rotatable bonds is 7. The van der Waals surface area contributed by atoms with Crippen LogP contribution in [-0.2, 0) is 17.8 Å². The van der Waals surface area contributed by atoms with E-state index < -0.39 is 0 Å². The zero-order valence-electron chi connectivity index (χ0n) is 9.97. The molecule has 0 amide bonds. The fourth-order valence-corrected chi connectivity index (χ4v) is 2.88. The fourth-order valence-electron chi connectivity index (χ4n) is 1.42. The maximum Gasteiger partial charge on any atom is 0.165 e. The van der Waals surface area contributed by atoms with Gasteiger partial charge in [-0.1, -0.05) is 0 Å². The highest BCUT2D eigenvalue weighted by Gasteiger charge is 2.09. The highest BCUT2D eigenvalue weighted by atomic mass is 79.9. The lowest BCUT2D eigenvalue weighted by Gasteiger charge is -2.05. The molecule has 2 aromatic rings. The second kappa shape index (κ2) is 6.93. The molecular weight excluding hydrogens is 318 g/mol. The molecule has 2 heterocycles. The SMILES string of the molecule is COCCNCc1nnnn1Cc1sccc1Br. The third-order valence-electron chi connectivity index (χ3n) is 2.36. The minimum atomic E-state index is 0.638. The topological polar surface area (TPSA) is 64.9 Å². The van der Waals surface area contributed by atoms with Crippen LogP contribution in [-0.4, -0.2) is 40.5 Å². The summed E-state index contributed by atoms with van der Waals surface area (Å²) in [5.41, 5.74) is 0. The van der Waals surface area contributed by atoms with Gasteiger partial charge in [-0.25, -0.2) is 4.68 Å². The first-order valence-electron chi connectivity index (χ1n) is 5.48. The van der Waals surface area contributed by atoms with Gasteiger partial charge in [0.2, 0.25) is 0 Å². The zero-order valence-corrected chi connectivity index (χ0v) is 12.4. The van der Waals surface area contributed by atoms with Gasteiger partial charge in [-0.3, -0.25) is 0 Å². The average Bonchev–Trinajstić information content (AvgIpc) is 2.96. The summed E-state index contributed by atoms with van der Waals surface area (Å²) in [5.74, 6) is 0.825. The van der Waals surface area contributed by atoms with Crippen molar-refractivity contribution < 1.29 is 4.74 Å². The Morgan fingerprint density at radius 1 is 1.56 bits per heavy atom. The minimum absolute atomic E-state index is 0.638. The number of thiophene rings is 1. The van der Waals surface area contributed by atoms with Crippen molar-refractivity contribution in [1.82, 2.24) is 25.5 Å². The molecule has 0 spiro atoms. The lowest BCUT2D eigenvalue weighted by Crippen LogP contribution is -2.21. The molecule has 98 valence electrons. The number of aromatic nitrogens is 4. The number of nitrogens with one attached hydrogen (secondary N) is 1. The molecule has 8 heteroatoms. The number of ether oxygens (including phenoxy) is 1. The molecule has 0 aliphatic carbocycles. The Morgan fingerprint density at radius 2 is 2.44 bits per heavy atom. The van der Waals surface area contributed by atoms with E-state index in [-0.39, 0.29) is 0 Å². The summed E-state index contributed by atoms with van der Waals surface area (Å²) in [7, 11) is 1.68. The number of hydrogen-bond acceptors (Lipinski definition) is 6. The fraction of sp³-hybridized carbons (Fsp3) is 0.500. The van der Waals surface area contributed by atoms with E-state index in [1.165, 1.54) is 4.88 Å². The number of tetrazole rings is 1. The Labute approximate surface area is 117 Å². The van der Waals surface area contributed by atoms with Gasteiger partial charge < -0.3 is 10.1 Å². The van der Waals surface area contributed by atoms with Crippen molar-refractivity contribution >= 4 is 27.3 Å². The number of halogens is 1. The molecule has 18 heavy (non-hydrogen) atoms. The summed E-state index contributed by atoms with van der Waals surface area (Å²) in [6.45, 7) is 2.79. The summed E-state index contributed by atoms with van der Waals surface area (Å²) >= 11 is 5.19. The maximum atomic E-state index is 4.97. The van der Waals surface area contributed by atoms with Crippen LogP contribution in [0.15, 0.2) is 15.9 Å². The van der Waals surface area contributed by atoms with Crippen molar-refractivity contribution in [3.63, 3.8) is 0 Å². The predicted octanol–water partition coefficient (Wildman–Crippen LogP) is 1.28. The third kappa shape index (κ3) is 3.58. The standard InChI is InChI=1S/C10H14BrN5OS/c1-17-4-3-12-6-10-13-14-15-16(10)7-9-8(11)2-5-18-9/h2,5,12H,3-4,6-7H2,1H3. The minimum Gasteiger partial charge on any atom is -0.383 e. The van der Waals surface area contributed by atoms with E-state index in [1.807, 2.05) is 11.4 Å². The van der Waals surface area contributed by atoms with E-state index >= 15 is 0 Å². The second-order valence-electron chi connectivity index (χ2n) is 3.61. The van der Waals surface area contributed by atoms with Gasteiger partial charge in [-0.15, -0.1) is 16.4 Å². The molecule has 1 N–H and O–H groups in total. The van der Waals surface area contributed by atoms with Gasteiger partial charge in [0.25, 0.3) is 0 Å². The second-order valence-corrected chi connectivity index (χ2v) is 5.47. The molecule has 0 aliphatic rings. The van der Waals surface area contributed by atoms with Crippen molar-refractivity contribution in [2.75, 3.05) is 20.3 Å². The van der Waals surface area contributed by atoms with Gasteiger partial charge in [0, 0.05) is 23.0 Å². The largest absolute Gasteiger partial charge is 0.383 e. The van der Waals surface area contributed by atoms with Crippen LogP contribution in [0, 0.1) is 0 Å². The average molecular weight is 332 g/mol. The Hall–Kier alpha value is -0.830. The molecule has 0 radical (unpaired) electrons. The van der Waals surface area contributed by atoms with Crippen molar-refractivity contribution in [1.29, 1.82) is 0 Å². The van der Waals surface area contributed by atoms with Gasteiger partial charge in [0.15, 0.2) is 5.82 Å². The molecule has 0 unspecified atom stereocenters.